The van der Waals surface area contributed by atoms with E-state index in [9.17, 15) is 9.50 Å². The lowest BCUT2D eigenvalue weighted by molar-refractivity contribution is 0.0815. The second kappa shape index (κ2) is 7.55. The molecule has 0 amide bonds. The molecule has 0 aliphatic rings. The topological polar surface area (TPSA) is 61.7 Å². The third kappa shape index (κ3) is 4.87. The van der Waals surface area contributed by atoms with E-state index in [4.69, 9.17) is 9.84 Å². The van der Waals surface area contributed by atoms with Gasteiger partial charge in [0.2, 0.25) is 0 Å². The van der Waals surface area contributed by atoms with Gasteiger partial charge in [0.1, 0.15) is 5.82 Å². The number of hydrogen-bond donors (Lipinski definition) is 3. The highest BCUT2D eigenvalue weighted by atomic mass is 19.1. The summed E-state index contributed by atoms with van der Waals surface area (Å²) in [6.07, 6.45) is -0.443. The Morgan fingerprint density at radius 3 is 2.68 bits per heavy atom. The van der Waals surface area contributed by atoms with E-state index in [0.29, 0.717) is 13.0 Å². The first-order chi connectivity index (χ1) is 9.02. The normalized spacial score (nSPS) is 16.1. The molecule has 0 spiro atoms. The second-order valence-corrected chi connectivity index (χ2v) is 4.89. The number of aliphatic hydroxyl groups is 2. The Kier molecular flexibility index (Phi) is 6.37. The van der Waals surface area contributed by atoms with Crippen LogP contribution < -0.4 is 5.32 Å². The smallest absolute Gasteiger partial charge is 0.129 e. The SMILES string of the molecule is COCC(C)(CCO)NCC(O)c1ccccc1F. The van der Waals surface area contributed by atoms with E-state index in [1.165, 1.54) is 6.07 Å². The lowest BCUT2D eigenvalue weighted by Gasteiger charge is -2.30. The van der Waals surface area contributed by atoms with Gasteiger partial charge in [-0.15, -0.1) is 0 Å². The number of nitrogens with one attached hydrogen (secondary N) is 1. The van der Waals surface area contributed by atoms with Crippen LogP contribution in [-0.4, -0.2) is 42.6 Å². The molecule has 19 heavy (non-hydrogen) atoms. The second-order valence-electron chi connectivity index (χ2n) is 4.89. The van der Waals surface area contributed by atoms with E-state index < -0.39 is 17.5 Å². The van der Waals surface area contributed by atoms with Crippen LogP contribution in [0.25, 0.3) is 0 Å². The number of benzene rings is 1. The Morgan fingerprint density at radius 2 is 2.11 bits per heavy atom. The molecular formula is C14H22FNO3. The number of hydrogen-bond acceptors (Lipinski definition) is 4. The number of ether oxygens (including phenoxy) is 1. The van der Waals surface area contributed by atoms with Crippen LogP contribution in [0.3, 0.4) is 0 Å². The van der Waals surface area contributed by atoms with Gasteiger partial charge in [-0.05, 0) is 19.4 Å². The molecule has 108 valence electrons. The summed E-state index contributed by atoms with van der Waals surface area (Å²) in [4.78, 5) is 0. The molecule has 3 N–H and O–H groups in total. The standard InChI is InChI=1S/C14H22FNO3/c1-14(7-8-17,10-19-2)16-9-13(18)11-5-3-4-6-12(11)15/h3-6,13,16-18H,7-10H2,1-2H3. The number of aliphatic hydroxyl groups excluding tert-OH is 2. The average Bonchev–Trinajstić information content (AvgIpc) is 2.37. The molecular weight excluding hydrogens is 249 g/mol. The lowest BCUT2D eigenvalue weighted by atomic mass is 9.98. The van der Waals surface area contributed by atoms with Gasteiger partial charge in [-0.3, -0.25) is 0 Å². The summed E-state index contributed by atoms with van der Waals surface area (Å²) < 4.78 is 18.6. The summed E-state index contributed by atoms with van der Waals surface area (Å²) in [7, 11) is 1.57. The fourth-order valence-corrected chi connectivity index (χ4v) is 1.98. The first kappa shape index (κ1) is 16.0. The van der Waals surface area contributed by atoms with E-state index in [0.717, 1.165) is 0 Å². The zero-order valence-corrected chi connectivity index (χ0v) is 11.4. The van der Waals surface area contributed by atoms with Crippen molar-refractivity contribution < 1.29 is 19.3 Å². The number of rotatable bonds is 8. The van der Waals surface area contributed by atoms with Gasteiger partial charge in [0.05, 0.1) is 12.7 Å². The fraction of sp³-hybridized carbons (Fsp3) is 0.571. The number of β-amino-alcohol motifs (C(OH)–C–C–N with tert-alkyl or cyclic N) is 1. The maximum atomic E-state index is 13.5. The average molecular weight is 271 g/mol. The van der Waals surface area contributed by atoms with E-state index in [1.54, 1.807) is 25.3 Å². The third-order valence-electron chi connectivity index (χ3n) is 3.11. The molecule has 1 rings (SSSR count). The van der Waals surface area contributed by atoms with Crippen LogP contribution in [0.2, 0.25) is 0 Å². The lowest BCUT2D eigenvalue weighted by Crippen LogP contribution is -2.48. The van der Waals surface area contributed by atoms with Gasteiger partial charge in [0, 0.05) is 31.4 Å². The maximum absolute atomic E-state index is 13.5. The van der Waals surface area contributed by atoms with Gasteiger partial charge < -0.3 is 20.3 Å². The Bertz CT molecular complexity index is 381. The van der Waals surface area contributed by atoms with Gasteiger partial charge in [-0.1, -0.05) is 18.2 Å². The van der Waals surface area contributed by atoms with Crippen LogP contribution >= 0.6 is 0 Å². The summed E-state index contributed by atoms with van der Waals surface area (Å²) >= 11 is 0. The molecule has 0 aliphatic carbocycles. The summed E-state index contributed by atoms with van der Waals surface area (Å²) in [6, 6.07) is 6.14. The van der Waals surface area contributed by atoms with Crippen molar-refractivity contribution in [2.24, 2.45) is 0 Å². The zero-order chi connectivity index (χ0) is 14.3. The molecule has 0 radical (unpaired) electrons. The minimum atomic E-state index is -0.934. The number of halogens is 1. The first-order valence-corrected chi connectivity index (χ1v) is 6.30. The molecule has 5 heteroatoms. The molecule has 2 unspecified atom stereocenters. The van der Waals surface area contributed by atoms with Crippen molar-refractivity contribution in [2.45, 2.75) is 25.0 Å². The quantitative estimate of drug-likeness (QED) is 0.665. The van der Waals surface area contributed by atoms with Gasteiger partial charge in [0.15, 0.2) is 0 Å². The fourth-order valence-electron chi connectivity index (χ4n) is 1.98. The van der Waals surface area contributed by atoms with Crippen molar-refractivity contribution in [1.29, 1.82) is 0 Å². The molecule has 0 saturated heterocycles. The molecule has 1 aromatic rings. The largest absolute Gasteiger partial charge is 0.396 e. The van der Waals surface area contributed by atoms with Gasteiger partial charge in [0.25, 0.3) is 0 Å². The Labute approximate surface area is 113 Å². The van der Waals surface area contributed by atoms with E-state index in [1.807, 2.05) is 6.92 Å². The highest BCUT2D eigenvalue weighted by Gasteiger charge is 2.24. The van der Waals surface area contributed by atoms with Crippen molar-refractivity contribution >= 4 is 0 Å². The summed E-state index contributed by atoms with van der Waals surface area (Å²) in [5, 5.41) is 22.2. The van der Waals surface area contributed by atoms with Gasteiger partial charge in [-0.2, -0.15) is 0 Å². The first-order valence-electron chi connectivity index (χ1n) is 6.30. The molecule has 2 atom stereocenters. The van der Waals surface area contributed by atoms with Gasteiger partial charge in [-0.25, -0.2) is 4.39 Å². The van der Waals surface area contributed by atoms with Crippen LogP contribution in [0.15, 0.2) is 24.3 Å². The Hall–Kier alpha value is -1.01. The van der Waals surface area contributed by atoms with Crippen molar-refractivity contribution in [1.82, 2.24) is 5.32 Å². The molecule has 0 saturated carbocycles. The highest BCUT2D eigenvalue weighted by Crippen LogP contribution is 2.17. The van der Waals surface area contributed by atoms with Gasteiger partial charge >= 0.3 is 0 Å². The third-order valence-corrected chi connectivity index (χ3v) is 3.11. The molecule has 0 heterocycles. The Morgan fingerprint density at radius 1 is 1.42 bits per heavy atom. The minimum Gasteiger partial charge on any atom is -0.396 e. The van der Waals surface area contributed by atoms with Crippen LogP contribution in [0.1, 0.15) is 25.0 Å². The molecule has 1 aromatic carbocycles. The molecule has 0 fully saturated rings. The molecule has 4 nitrogen and oxygen atoms in total. The van der Waals surface area contributed by atoms with Crippen LogP contribution in [-0.2, 0) is 4.74 Å². The zero-order valence-electron chi connectivity index (χ0n) is 11.4. The predicted molar refractivity (Wildman–Crippen MR) is 71.3 cm³/mol. The van der Waals surface area contributed by atoms with Crippen molar-refractivity contribution in [3.05, 3.63) is 35.6 Å². The Balaban J connectivity index is 2.61. The van der Waals surface area contributed by atoms with Crippen LogP contribution in [0.4, 0.5) is 4.39 Å². The summed E-state index contributed by atoms with van der Waals surface area (Å²) in [6.45, 7) is 2.50. The molecule has 0 bridgehead atoms. The van der Waals surface area contributed by atoms with Crippen LogP contribution in [0.5, 0.6) is 0 Å². The minimum absolute atomic E-state index is 0.0165. The van der Waals surface area contributed by atoms with Crippen LogP contribution in [0, 0.1) is 5.82 Å². The highest BCUT2D eigenvalue weighted by molar-refractivity contribution is 5.20. The van der Waals surface area contributed by atoms with E-state index in [2.05, 4.69) is 5.32 Å². The predicted octanol–water partition coefficient (Wildman–Crippen LogP) is 1.24. The molecule has 0 aliphatic heterocycles. The monoisotopic (exact) mass is 271 g/mol. The van der Waals surface area contributed by atoms with Crippen molar-refractivity contribution in [3.63, 3.8) is 0 Å². The summed E-state index contributed by atoms with van der Waals surface area (Å²) in [5.41, 5.74) is -0.186. The molecule has 0 aromatic heterocycles. The summed E-state index contributed by atoms with van der Waals surface area (Å²) in [5.74, 6) is -0.424. The van der Waals surface area contributed by atoms with E-state index in [-0.39, 0.29) is 18.7 Å². The van der Waals surface area contributed by atoms with Crippen molar-refractivity contribution in [2.75, 3.05) is 26.9 Å². The van der Waals surface area contributed by atoms with Crippen molar-refractivity contribution in [3.8, 4) is 0 Å². The number of methoxy groups -OCH3 is 1. The maximum Gasteiger partial charge on any atom is 0.129 e. The van der Waals surface area contributed by atoms with E-state index >= 15 is 0 Å².